The molecular formula is C12H15ClN2O4. The summed E-state index contributed by atoms with van der Waals surface area (Å²) in [5, 5.41) is 14.0. The number of carboxylic acid groups (broad SMARTS) is 1. The number of urea groups is 1. The fourth-order valence-electron chi connectivity index (χ4n) is 1.35. The second-order valence-corrected chi connectivity index (χ2v) is 4.37. The van der Waals surface area contributed by atoms with Gasteiger partial charge in [-0.2, -0.15) is 0 Å². The van der Waals surface area contributed by atoms with Crippen LogP contribution in [-0.2, 0) is 4.79 Å². The van der Waals surface area contributed by atoms with Crippen LogP contribution in [0.4, 0.5) is 10.5 Å². The number of aryl methyl sites for hydroxylation is 1. The third kappa shape index (κ3) is 4.03. The molecule has 0 aliphatic heterocycles. The van der Waals surface area contributed by atoms with Gasteiger partial charge in [0.2, 0.25) is 0 Å². The predicted octanol–water partition coefficient (Wildman–Crippen LogP) is 2.25. The number of methoxy groups -OCH3 is 1. The van der Waals surface area contributed by atoms with Gasteiger partial charge in [0.15, 0.2) is 0 Å². The van der Waals surface area contributed by atoms with Crippen LogP contribution >= 0.6 is 11.6 Å². The van der Waals surface area contributed by atoms with Gasteiger partial charge in [-0.25, -0.2) is 4.79 Å². The lowest BCUT2D eigenvalue weighted by atomic mass is 10.2. The zero-order chi connectivity index (χ0) is 14.6. The van der Waals surface area contributed by atoms with Gasteiger partial charge in [0.25, 0.3) is 0 Å². The quantitative estimate of drug-likeness (QED) is 0.792. The Morgan fingerprint density at radius 2 is 2.05 bits per heavy atom. The average Bonchev–Trinajstić information content (AvgIpc) is 2.33. The van der Waals surface area contributed by atoms with Crippen LogP contribution in [0, 0.1) is 6.92 Å². The minimum Gasteiger partial charge on any atom is -0.495 e. The van der Waals surface area contributed by atoms with Gasteiger partial charge in [-0.3, -0.25) is 4.79 Å². The van der Waals surface area contributed by atoms with E-state index >= 15 is 0 Å². The lowest BCUT2D eigenvalue weighted by molar-refractivity contribution is -0.138. The lowest BCUT2D eigenvalue weighted by Crippen LogP contribution is -2.40. The zero-order valence-corrected chi connectivity index (χ0v) is 11.5. The summed E-state index contributed by atoms with van der Waals surface area (Å²) in [6, 6.07) is 1.61. The summed E-state index contributed by atoms with van der Waals surface area (Å²) < 4.78 is 5.09. The van der Waals surface area contributed by atoms with Gasteiger partial charge in [-0.05, 0) is 25.5 Å². The summed E-state index contributed by atoms with van der Waals surface area (Å²) in [5.74, 6) is -0.719. The van der Waals surface area contributed by atoms with Gasteiger partial charge >= 0.3 is 12.0 Å². The number of nitrogens with one attached hydrogen (secondary N) is 2. The van der Waals surface area contributed by atoms with Crippen molar-refractivity contribution in [2.45, 2.75) is 19.9 Å². The van der Waals surface area contributed by atoms with Crippen LogP contribution in [0.5, 0.6) is 5.75 Å². The van der Waals surface area contributed by atoms with E-state index in [9.17, 15) is 9.59 Å². The number of halogens is 1. The van der Waals surface area contributed by atoms with E-state index < -0.39 is 18.0 Å². The molecule has 2 amide bonds. The summed E-state index contributed by atoms with van der Waals surface area (Å²) in [6.07, 6.45) is 0. The van der Waals surface area contributed by atoms with Gasteiger partial charge in [0.05, 0.1) is 12.8 Å². The number of hydrogen-bond donors (Lipinski definition) is 3. The van der Waals surface area contributed by atoms with Gasteiger partial charge in [0, 0.05) is 11.1 Å². The van der Waals surface area contributed by atoms with Crippen LogP contribution < -0.4 is 15.4 Å². The Bertz CT molecular complexity index is 505. The van der Waals surface area contributed by atoms with E-state index in [2.05, 4.69) is 10.6 Å². The third-order valence-electron chi connectivity index (χ3n) is 2.45. The molecule has 0 fully saturated rings. The topological polar surface area (TPSA) is 87.7 Å². The van der Waals surface area contributed by atoms with Gasteiger partial charge < -0.3 is 20.5 Å². The Morgan fingerprint density at radius 1 is 1.42 bits per heavy atom. The Kier molecular flexibility index (Phi) is 5.00. The normalized spacial score (nSPS) is 11.6. The molecule has 6 nitrogen and oxygen atoms in total. The number of amides is 2. The monoisotopic (exact) mass is 286 g/mol. The van der Waals surface area contributed by atoms with Crippen molar-refractivity contribution in [1.82, 2.24) is 5.32 Å². The fraction of sp³-hybridized carbons (Fsp3) is 0.333. The van der Waals surface area contributed by atoms with E-state index in [1.165, 1.54) is 14.0 Å². The first kappa shape index (κ1) is 15.1. The molecule has 0 saturated heterocycles. The maximum atomic E-state index is 11.6. The molecule has 1 atom stereocenters. The first-order valence-electron chi connectivity index (χ1n) is 5.49. The molecule has 1 rings (SSSR count). The Hall–Kier alpha value is -1.95. The van der Waals surface area contributed by atoms with E-state index in [4.69, 9.17) is 21.4 Å². The number of hydrogen-bond acceptors (Lipinski definition) is 3. The molecular weight excluding hydrogens is 272 g/mol. The largest absolute Gasteiger partial charge is 0.495 e. The van der Waals surface area contributed by atoms with E-state index in [1.54, 1.807) is 19.1 Å². The molecule has 1 aromatic rings. The molecule has 7 heteroatoms. The van der Waals surface area contributed by atoms with Crippen molar-refractivity contribution in [1.29, 1.82) is 0 Å². The maximum Gasteiger partial charge on any atom is 0.325 e. The van der Waals surface area contributed by atoms with Crippen LogP contribution in [0.1, 0.15) is 12.5 Å². The summed E-state index contributed by atoms with van der Waals surface area (Å²) in [4.78, 5) is 22.2. The van der Waals surface area contributed by atoms with Crippen molar-refractivity contribution in [3.8, 4) is 5.75 Å². The van der Waals surface area contributed by atoms with Gasteiger partial charge in [0.1, 0.15) is 11.8 Å². The number of benzene rings is 1. The molecule has 104 valence electrons. The number of carboxylic acids is 1. The first-order chi connectivity index (χ1) is 8.85. The molecule has 0 aliphatic rings. The molecule has 1 aromatic carbocycles. The van der Waals surface area contributed by atoms with Crippen molar-refractivity contribution in [3.63, 3.8) is 0 Å². The van der Waals surface area contributed by atoms with Crippen molar-refractivity contribution >= 4 is 29.3 Å². The molecule has 0 spiro atoms. The predicted molar refractivity (Wildman–Crippen MR) is 72.0 cm³/mol. The number of carbonyl (C=O) groups excluding carboxylic acids is 1. The standard InChI is InChI=1S/C12H15ClN2O4/c1-6-4-9(10(19-3)5-8(6)13)15-12(18)14-7(2)11(16)17/h4-5,7H,1-3H3,(H,16,17)(H2,14,15,18). The molecule has 0 heterocycles. The van der Waals surface area contributed by atoms with E-state index in [1.807, 2.05) is 0 Å². The summed E-state index contributed by atoms with van der Waals surface area (Å²) >= 11 is 5.94. The molecule has 0 saturated carbocycles. The zero-order valence-electron chi connectivity index (χ0n) is 10.8. The second-order valence-electron chi connectivity index (χ2n) is 3.96. The smallest absolute Gasteiger partial charge is 0.325 e. The number of carbonyl (C=O) groups is 2. The minimum absolute atomic E-state index is 0.397. The summed E-state index contributed by atoms with van der Waals surface area (Å²) in [7, 11) is 1.45. The number of anilines is 1. The van der Waals surface area contributed by atoms with Crippen molar-refractivity contribution in [2.75, 3.05) is 12.4 Å². The highest BCUT2D eigenvalue weighted by atomic mass is 35.5. The fourth-order valence-corrected chi connectivity index (χ4v) is 1.50. The highest BCUT2D eigenvalue weighted by Gasteiger charge is 2.15. The number of ether oxygens (including phenoxy) is 1. The second kappa shape index (κ2) is 6.29. The maximum absolute atomic E-state index is 11.6. The Morgan fingerprint density at radius 3 is 2.58 bits per heavy atom. The summed E-state index contributed by atoms with van der Waals surface area (Å²) in [5.41, 5.74) is 1.18. The average molecular weight is 287 g/mol. The number of aliphatic carboxylic acids is 1. The lowest BCUT2D eigenvalue weighted by Gasteiger charge is -2.14. The van der Waals surface area contributed by atoms with E-state index in [0.717, 1.165) is 5.56 Å². The van der Waals surface area contributed by atoms with E-state index in [0.29, 0.717) is 16.5 Å². The first-order valence-corrected chi connectivity index (χ1v) is 5.87. The molecule has 1 unspecified atom stereocenters. The third-order valence-corrected chi connectivity index (χ3v) is 2.85. The van der Waals surface area contributed by atoms with Crippen LogP contribution in [0.25, 0.3) is 0 Å². The van der Waals surface area contributed by atoms with Gasteiger partial charge in [-0.1, -0.05) is 11.6 Å². The highest BCUT2D eigenvalue weighted by molar-refractivity contribution is 6.31. The van der Waals surface area contributed by atoms with E-state index in [-0.39, 0.29) is 0 Å². The van der Waals surface area contributed by atoms with Crippen LogP contribution in [0.3, 0.4) is 0 Å². The van der Waals surface area contributed by atoms with Crippen LogP contribution in [0.2, 0.25) is 5.02 Å². The molecule has 19 heavy (non-hydrogen) atoms. The SMILES string of the molecule is COc1cc(Cl)c(C)cc1NC(=O)NC(C)C(=O)O. The number of rotatable bonds is 4. The Labute approximate surface area is 115 Å². The molecule has 0 aliphatic carbocycles. The Balaban J connectivity index is 2.84. The molecule has 3 N–H and O–H groups in total. The van der Waals surface area contributed by atoms with Gasteiger partial charge in [-0.15, -0.1) is 0 Å². The van der Waals surface area contributed by atoms with Crippen LogP contribution in [-0.4, -0.2) is 30.3 Å². The van der Waals surface area contributed by atoms with Crippen molar-refractivity contribution in [2.24, 2.45) is 0 Å². The minimum atomic E-state index is -1.12. The molecule has 0 aromatic heterocycles. The molecule has 0 radical (unpaired) electrons. The van der Waals surface area contributed by atoms with Crippen LogP contribution in [0.15, 0.2) is 12.1 Å². The van der Waals surface area contributed by atoms with Crippen molar-refractivity contribution in [3.05, 3.63) is 22.7 Å². The van der Waals surface area contributed by atoms with Crippen molar-refractivity contribution < 1.29 is 19.4 Å². The summed E-state index contributed by atoms with van der Waals surface area (Å²) in [6.45, 7) is 3.15. The molecule has 0 bridgehead atoms. The highest BCUT2D eigenvalue weighted by Crippen LogP contribution is 2.30.